The molecule has 6 nitrogen and oxygen atoms in total. The van der Waals surface area contributed by atoms with Gasteiger partial charge >= 0.3 is 0 Å². The van der Waals surface area contributed by atoms with Crippen LogP contribution in [-0.4, -0.2) is 9.97 Å². The number of nitrogens with two attached hydrogens (primary N) is 1. The third-order valence-electron chi connectivity index (χ3n) is 1.24. The minimum atomic E-state index is -0.187. The van der Waals surface area contributed by atoms with Crippen LogP contribution in [0.3, 0.4) is 0 Å². The predicted molar refractivity (Wildman–Crippen MR) is 40.6 cm³/mol. The molecule has 0 aromatic carbocycles. The Morgan fingerprint density at radius 1 is 0.846 bits per heavy atom. The molecule has 0 radical (unpaired) electrons. The number of anilines is 1. The second-order valence-corrected chi connectivity index (χ2v) is 1.99. The number of hydrogen-bond acceptors (Lipinski definition) is 6. The van der Waals surface area contributed by atoms with E-state index in [1.807, 2.05) is 0 Å². The normalized spacial score (nSPS) is 8.08. The molecule has 13 heavy (non-hydrogen) atoms. The van der Waals surface area contributed by atoms with Crippen molar-refractivity contribution in [3.63, 3.8) is 0 Å². The zero-order valence-corrected chi connectivity index (χ0v) is 6.31. The zero-order valence-electron chi connectivity index (χ0n) is 6.31. The van der Waals surface area contributed by atoms with Gasteiger partial charge in [0.15, 0.2) is 22.9 Å². The summed E-state index contributed by atoms with van der Waals surface area (Å²) in [6, 6.07) is 4.96. The first-order valence-electron chi connectivity index (χ1n) is 3.10. The van der Waals surface area contributed by atoms with Gasteiger partial charge in [-0.15, -0.1) is 0 Å². The van der Waals surface area contributed by atoms with Gasteiger partial charge < -0.3 is 5.73 Å². The molecule has 0 aliphatic rings. The molecule has 0 fully saturated rings. The van der Waals surface area contributed by atoms with Crippen molar-refractivity contribution in [2.24, 2.45) is 0 Å². The number of rotatable bonds is 0. The lowest BCUT2D eigenvalue weighted by atomic mass is 10.3. The summed E-state index contributed by atoms with van der Waals surface area (Å²) >= 11 is 0. The van der Waals surface area contributed by atoms with Crippen LogP contribution in [-0.2, 0) is 0 Å². The highest BCUT2D eigenvalue weighted by atomic mass is 14.9. The van der Waals surface area contributed by atoms with Crippen LogP contribution in [0.5, 0.6) is 0 Å². The Labute approximate surface area is 73.5 Å². The molecule has 0 aliphatic heterocycles. The smallest absolute Gasteiger partial charge is 0.184 e. The molecule has 6 heteroatoms. The van der Waals surface area contributed by atoms with Crippen LogP contribution in [0, 0.1) is 34.0 Å². The topological polar surface area (TPSA) is 123 Å². The largest absolute Gasteiger partial charge is 0.381 e. The molecule has 1 aromatic heterocycles. The van der Waals surface area contributed by atoms with Crippen molar-refractivity contribution in [3.05, 3.63) is 17.1 Å². The van der Waals surface area contributed by atoms with Gasteiger partial charge in [0.2, 0.25) is 0 Å². The van der Waals surface area contributed by atoms with Gasteiger partial charge in [-0.3, -0.25) is 0 Å². The van der Waals surface area contributed by atoms with Crippen LogP contribution in [0.2, 0.25) is 0 Å². The van der Waals surface area contributed by atoms with Crippen molar-refractivity contribution in [2.75, 3.05) is 5.73 Å². The molecule has 1 heterocycles. The van der Waals surface area contributed by atoms with E-state index in [1.165, 1.54) is 0 Å². The highest BCUT2D eigenvalue weighted by molar-refractivity contribution is 5.49. The summed E-state index contributed by atoms with van der Waals surface area (Å²) in [7, 11) is 0. The Bertz CT molecular complexity index is 469. The molecule has 2 N–H and O–H groups in total. The number of hydrogen-bond donors (Lipinski definition) is 1. The van der Waals surface area contributed by atoms with Crippen LogP contribution < -0.4 is 5.73 Å². The molecule has 0 unspecified atom stereocenters. The van der Waals surface area contributed by atoms with E-state index in [9.17, 15) is 0 Å². The maximum atomic E-state index is 8.51. The van der Waals surface area contributed by atoms with Crippen LogP contribution >= 0.6 is 0 Å². The van der Waals surface area contributed by atoms with Gasteiger partial charge in [-0.2, -0.15) is 15.8 Å². The zero-order chi connectivity index (χ0) is 9.84. The molecule has 0 saturated heterocycles. The number of aromatic nitrogens is 2. The fourth-order valence-corrected chi connectivity index (χ4v) is 0.687. The maximum Gasteiger partial charge on any atom is 0.184 e. The van der Waals surface area contributed by atoms with E-state index in [0.29, 0.717) is 0 Å². The summed E-state index contributed by atoms with van der Waals surface area (Å²) in [6.45, 7) is 0. The summed E-state index contributed by atoms with van der Waals surface area (Å²) in [4.78, 5) is 7.09. The number of nitriles is 3. The van der Waals surface area contributed by atoms with E-state index in [2.05, 4.69) is 9.97 Å². The summed E-state index contributed by atoms with van der Waals surface area (Å²) < 4.78 is 0. The quantitative estimate of drug-likeness (QED) is 0.568. The van der Waals surface area contributed by atoms with Gasteiger partial charge in [0, 0.05) is 0 Å². The van der Waals surface area contributed by atoms with Gasteiger partial charge in [-0.1, -0.05) is 0 Å². The molecule has 0 saturated carbocycles. The molecule has 0 amide bonds. The summed E-state index contributed by atoms with van der Waals surface area (Å²) in [5.74, 6) is -0.141. The van der Waals surface area contributed by atoms with Crippen molar-refractivity contribution in [1.29, 1.82) is 15.8 Å². The molecular weight excluding hydrogens is 168 g/mol. The van der Waals surface area contributed by atoms with Crippen LogP contribution in [0.1, 0.15) is 17.1 Å². The van der Waals surface area contributed by atoms with E-state index in [1.54, 1.807) is 18.2 Å². The molecule has 0 spiro atoms. The Morgan fingerprint density at radius 2 is 1.31 bits per heavy atom. The lowest BCUT2D eigenvalue weighted by Gasteiger charge is -1.96. The van der Waals surface area contributed by atoms with Gasteiger partial charge in [-0.05, 0) is 0 Å². The van der Waals surface area contributed by atoms with Crippen molar-refractivity contribution in [1.82, 2.24) is 9.97 Å². The van der Waals surface area contributed by atoms with Crippen molar-refractivity contribution in [3.8, 4) is 18.2 Å². The molecule has 60 valence electrons. The third kappa shape index (κ3) is 1.35. The van der Waals surface area contributed by atoms with Gasteiger partial charge in [0.25, 0.3) is 0 Å². The summed E-state index contributed by atoms with van der Waals surface area (Å²) in [6.07, 6.45) is 0. The predicted octanol–water partition coefficient (Wildman–Crippen LogP) is -0.326. The van der Waals surface area contributed by atoms with E-state index < -0.39 is 0 Å². The monoisotopic (exact) mass is 170 g/mol. The summed E-state index contributed by atoms with van der Waals surface area (Å²) in [5.41, 5.74) is 4.78. The molecule has 0 bridgehead atoms. The lowest BCUT2D eigenvalue weighted by molar-refractivity contribution is 1.11. The minimum Gasteiger partial charge on any atom is -0.381 e. The van der Waals surface area contributed by atoms with E-state index >= 15 is 0 Å². The van der Waals surface area contributed by atoms with E-state index in [4.69, 9.17) is 21.5 Å². The Morgan fingerprint density at radius 3 is 1.77 bits per heavy atom. The highest BCUT2D eigenvalue weighted by Gasteiger charge is 2.10. The number of nitrogen functional groups attached to an aromatic ring is 1. The molecule has 1 aromatic rings. The standard InChI is InChI=1S/C7H2N6/c8-1-4-5(2-9)13-7(11)6(3-10)12-4/h(H2,11,13). The molecule has 1 rings (SSSR count). The second kappa shape index (κ2) is 3.17. The van der Waals surface area contributed by atoms with Crippen LogP contribution in [0.25, 0.3) is 0 Å². The minimum absolute atomic E-state index is 0.141. The van der Waals surface area contributed by atoms with Gasteiger partial charge in [0.05, 0.1) is 0 Å². The van der Waals surface area contributed by atoms with E-state index in [0.717, 1.165) is 0 Å². The Hall–Kier alpha value is -2.65. The SMILES string of the molecule is N#Cc1nc(C#N)c(C#N)nc1N. The first-order valence-corrected chi connectivity index (χ1v) is 3.10. The Balaban J connectivity index is 3.51. The first kappa shape index (κ1) is 8.45. The summed E-state index contributed by atoms with van der Waals surface area (Å²) in [5, 5.41) is 25.5. The van der Waals surface area contributed by atoms with Crippen molar-refractivity contribution >= 4 is 5.82 Å². The van der Waals surface area contributed by atoms with Crippen LogP contribution in [0.4, 0.5) is 5.82 Å². The third-order valence-corrected chi connectivity index (χ3v) is 1.24. The fraction of sp³-hybridized carbons (Fsp3) is 0. The molecular formula is C7H2N6. The van der Waals surface area contributed by atoms with E-state index in [-0.39, 0.29) is 22.9 Å². The maximum absolute atomic E-state index is 8.51. The molecule has 0 aliphatic carbocycles. The van der Waals surface area contributed by atoms with Crippen molar-refractivity contribution < 1.29 is 0 Å². The highest BCUT2D eigenvalue weighted by Crippen LogP contribution is 2.08. The van der Waals surface area contributed by atoms with Gasteiger partial charge in [-0.25, -0.2) is 9.97 Å². The van der Waals surface area contributed by atoms with Gasteiger partial charge in [0.1, 0.15) is 18.2 Å². The Kier molecular flexibility index (Phi) is 2.06. The first-order chi connectivity index (χ1) is 6.22. The second-order valence-electron chi connectivity index (χ2n) is 1.99. The average molecular weight is 170 g/mol. The lowest BCUT2D eigenvalue weighted by Crippen LogP contribution is -2.03. The fourth-order valence-electron chi connectivity index (χ4n) is 0.687. The van der Waals surface area contributed by atoms with Crippen molar-refractivity contribution in [2.45, 2.75) is 0 Å². The average Bonchev–Trinajstić information content (AvgIpc) is 2.17. The molecule has 0 atom stereocenters. The number of nitrogens with zero attached hydrogens (tertiary/aromatic N) is 5. The van der Waals surface area contributed by atoms with Crippen LogP contribution in [0.15, 0.2) is 0 Å².